The van der Waals surface area contributed by atoms with E-state index in [9.17, 15) is 0 Å². The third-order valence-corrected chi connectivity index (χ3v) is 3.63. The first-order valence-corrected chi connectivity index (χ1v) is 6.42. The fourth-order valence-corrected chi connectivity index (χ4v) is 1.81. The zero-order valence-electron chi connectivity index (χ0n) is 8.53. The number of nitrogens with zero attached hydrogens (tertiary/aromatic N) is 2. The monoisotopic (exact) mass is 344 g/mol. The Kier molecular flexibility index (Phi) is 4.12. The molecule has 0 bridgehead atoms. The largest absolute Gasteiger partial charge is 0.240 e. The lowest BCUT2D eigenvalue weighted by Gasteiger charge is -2.02. The van der Waals surface area contributed by atoms with E-state index < -0.39 is 0 Å². The van der Waals surface area contributed by atoms with Gasteiger partial charge in [-0.15, -0.1) is 0 Å². The fraction of sp³-hybridized carbons (Fsp3) is 0.167. The van der Waals surface area contributed by atoms with Gasteiger partial charge in [0, 0.05) is 12.6 Å². The number of hydrogen-bond donors (Lipinski definition) is 0. The van der Waals surface area contributed by atoms with E-state index in [0.717, 1.165) is 22.2 Å². The van der Waals surface area contributed by atoms with Crippen LogP contribution in [0.2, 0.25) is 5.15 Å². The van der Waals surface area contributed by atoms with Crippen molar-refractivity contribution in [1.29, 1.82) is 0 Å². The molecule has 2 rings (SSSR count). The standard InChI is InChI=1S/C12H10ClIN2/c13-12-10(14)8-15-11(16-12)7-6-9-4-2-1-3-5-9/h1-5,8H,6-7H2. The van der Waals surface area contributed by atoms with Gasteiger partial charge in [0.25, 0.3) is 0 Å². The van der Waals surface area contributed by atoms with Crippen molar-refractivity contribution in [2.45, 2.75) is 12.8 Å². The molecule has 0 aliphatic carbocycles. The van der Waals surface area contributed by atoms with Crippen LogP contribution in [0.1, 0.15) is 11.4 Å². The van der Waals surface area contributed by atoms with Gasteiger partial charge in [0.05, 0.1) is 3.57 Å². The minimum atomic E-state index is 0.540. The maximum atomic E-state index is 5.94. The van der Waals surface area contributed by atoms with Crippen LogP contribution in [0.15, 0.2) is 36.5 Å². The molecule has 1 aromatic heterocycles. The molecule has 0 saturated heterocycles. The highest BCUT2D eigenvalue weighted by Crippen LogP contribution is 2.14. The average Bonchev–Trinajstić information content (AvgIpc) is 2.32. The molecule has 0 saturated carbocycles. The summed E-state index contributed by atoms with van der Waals surface area (Å²) in [6.07, 6.45) is 3.52. The Labute approximate surface area is 113 Å². The van der Waals surface area contributed by atoms with Crippen molar-refractivity contribution in [2.24, 2.45) is 0 Å². The molecule has 0 radical (unpaired) electrons. The van der Waals surface area contributed by atoms with E-state index in [2.05, 4.69) is 44.7 Å². The lowest BCUT2D eigenvalue weighted by Crippen LogP contribution is -1.99. The van der Waals surface area contributed by atoms with Crippen LogP contribution in [0.25, 0.3) is 0 Å². The number of hydrogen-bond acceptors (Lipinski definition) is 2. The third kappa shape index (κ3) is 3.15. The predicted molar refractivity (Wildman–Crippen MR) is 73.6 cm³/mol. The molecule has 0 N–H and O–H groups in total. The summed E-state index contributed by atoms with van der Waals surface area (Å²) in [5, 5.41) is 0.540. The van der Waals surface area contributed by atoms with Crippen LogP contribution in [0.3, 0.4) is 0 Å². The molecule has 0 fully saturated rings. The molecule has 82 valence electrons. The Morgan fingerprint density at radius 2 is 1.88 bits per heavy atom. The van der Waals surface area contributed by atoms with E-state index in [1.807, 2.05) is 18.2 Å². The van der Waals surface area contributed by atoms with Crippen molar-refractivity contribution in [3.05, 3.63) is 56.6 Å². The van der Waals surface area contributed by atoms with Gasteiger partial charge in [-0.1, -0.05) is 41.9 Å². The third-order valence-electron chi connectivity index (χ3n) is 2.23. The molecule has 1 aromatic carbocycles. The lowest BCUT2D eigenvalue weighted by molar-refractivity contribution is 0.855. The molecule has 1 heterocycles. The van der Waals surface area contributed by atoms with Gasteiger partial charge in [-0.2, -0.15) is 0 Å². The first-order valence-electron chi connectivity index (χ1n) is 4.96. The van der Waals surface area contributed by atoms with Crippen LogP contribution in [0, 0.1) is 3.57 Å². The summed E-state index contributed by atoms with van der Waals surface area (Å²) < 4.78 is 0.891. The van der Waals surface area contributed by atoms with Crippen molar-refractivity contribution < 1.29 is 0 Å². The molecular formula is C12H10ClIN2. The maximum absolute atomic E-state index is 5.94. The molecule has 2 aromatic rings. The second kappa shape index (κ2) is 5.59. The first-order chi connectivity index (χ1) is 7.75. The number of halogens is 2. The summed E-state index contributed by atoms with van der Waals surface area (Å²) in [6, 6.07) is 10.3. The summed E-state index contributed by atoms with van der Waals surface area (Å²) in [4.78, 5) is 8.49. The Bertz CT molecular complexity index is 474. The molecule has 16 heavy (non-hydrogen) atoms. The van der Waals surface area contributed by atoms with Gasteiger partial charge >= 0.3 is 0 Å². The second-order valence-corrected chi connectivity index (χ2v) is 4.93. The number of aryl methyl sites for hydroxylation is 2. The quantitative estimate of drug-likeness (QED) is 0.629. The number of benzene rings is 1. The molecule has 0 aliphatic rings. The molecular weight excluding hydrogens is 335 g/mol. The molecule has 0 atom stereocenters. The second-order valence-electron chi connectivity index (χ2n) is 3.41. The van der Waals surface area contributed by atoms with E-state index in [1.165, 1.54) is 5.56 Å². The zero-order valence-corrected chi connectivity index (χ0v) is 11.4. The summed E-state index contributed by atoms with van der Waals surface area (Å²) >= 11 is 8.06. The van der Waals surface area contributed by atoms with Gasteiger partial charge in [-0.25, -0.2) is 9.97 Å². The molecule has 2 nitrogen and oxygen atoms in total. The van der Waals surface area contributed by atoms with Crippen LogP contribution < -0.4 is 0 Å². The van der Waals surface area contributed by atoms with Gasteiger partial charge in [0.1, 0.15) is 11.0 Å². The summed E-state index contributed by atoms with van der Waals surface area (Å²) in [5.41, 5.74) is 1.29. The highest BCUT2D eigenvalue weighted by atomic mass is 127. The SMILES string of the molecule is Clc1nc(CCc2ccccc2)ncc1I. The van der Waals surface area contributed by atoms with Crippen molar-refractivity contribution in [1.82, 2.24) is 9.97 Å². The minimum absolute atomic E-state index is 0.540. The lowest BCUT2D eigenvalue weighted by atomic mass is 10.1. The normalized spacial score (nSPS) is 10.4. The van der Waals surface area contributed by atoms with Crippen molar-refractivity contribution in [3.63, 3.8) is 0 Å². The van der Waals surface area contributed by atoms with Gasteiger partial charge in [-0.05, 0) is 34.6 Å². The van der Waals surface area contributed by atoms with Gasteiger partial charge in [-0.3, -0.25) is 0 Å². The zero-order chi connectivity index (χ0) is 11.4. The van der Waals surface area contributed by atoms with E-state index >= 15 is 0 Å². The van der Waals surface area contributed by atoms with Crippen molar-refractivity contribution in [2.75, 3.05) is 0 Å². The average molecular weight is 345 g/mol. The molecule has 0 aliphatic heterocycles. The smallest absolute Gasteiger partial charge is 0.146 e. The summed E-state index contributed by atoms with van der Waals surface area (Å²) in [7, 11) is 0. The molecule has 0 spiro atoms. The Balaban J connectivity index is 2.03. The van der Waals surface area contributed by atoms with Crippen molar-refractivity contribution >= 4 is 34.2 Å². The van der Waals surface area contributed by atoms with Crippen LogP contribution >= 0.6 is 34.2 Å². The van der Waals surface area contributed by atoms with Crippen LogP contribution in [-0.4, -0.2) is 9.97 Å². The minimum Gasteiger partial charge on any atom is -0.240 e. The molecule has 0 amide bonds. The van der Waals surface area contributed by atoms with Gasteiger partial charge in [0.15, 0.2) is 0 Å². The Morgan fingerprint density at radius 3 is 2.56 bits per heavy atom. The van der Waals surface area contributed by atoms with Gasteiger partial charge in [0.2, 0.25) is 0 Å². The Hall–Kier alpha value is -0.680. The molecule has 0 unspecified atom stereocenters. The number of aromatic nitrogens is 2. The predicted octanol–water partition coefficient (Wildman–Crippen LogP) is 3.52. The van der Waals surface area contributed by atoms with E-state index in [4.69, 9.17) is 11.6 Å². The fourth-order valence-electron chi connectivity index (χ4n) is 1.40. The van der Waals surface area contributed by atoms with Crippen LogP contribution in [-0.2, 0) is 12.8 Å². The first kappa shape index (κ1) is 11.8. The van der Waals surface area contributed by atoms with E-state index in [-0.39, 0.29) is 0 Å². The summed E-state index contributed by atoms with van der Waals surface area (Å²) in [5.74, 6) is 0.800. The van der Waals surface area contributed by atoms with Crippen molar-refractivity contribution in [3.8, 4) is 0 Å². The van der Waals surface area contributed by atoms with Gasteiger partial charge < -0.3 is 0 Å². The van der Waals surface area contributed by atoms with Crippen LogP contribution in [0.4, 0.5) is 0 Å². The molecule has 4 heteroatoms. The van der Waals surface area contributed by atoms with E-state index in [0.29, 0.717) is 5.15 Å². The summed E-state index contributed by atoms with van der Waals surface area (Å²) in [6.45, 7) is 0. The highest BCUT2D eigenvalue weighted by molar-refractivity contribution is 14.1. The number of rotatable bonds is 3. The highest BCUT2D eigenvalue weighted by Gasteiger charge is 2.02. The van der Waals surface area contributed by atoms with E-state index in [1.54, 1.807) is 6.20 Å². The Morgan fingerprint density at radius 1 is 1.12 bits per heavy atom. The topological polar surface area (TPSA) is 25.8 Å². The van der Waals surface area contributed by atoms with Crippen LogP contribution in [0.5, 0.6) is 0 Å². The maximum Gasteiger partial charge on any atom is 0.146 e.